The Labute approximate surface area is 119 Å². The molecular weight excluding hydrogens is 271 g/mol. The zero-order valence-electron chi connectivity index (χ0n) is 10.8. The molecule has 0 aromatic heterocycles. The lowest BCUT2D eigenvalue weighted by Crippen LogP contribution is -2.15. The van der Waals surface area contributed by atoms with Crippen molar-refractivity contribution in [3.63, 3.8) is 0 Å². The quantitative estimate of drug-likeness (QED) is 0.610. The molecule has 0 heterocycles. The lowest BCUT2D eigenvalue weighted by Gasteiger charge is -2.28. The summed E-state index contributed by atoms with van der Waals surface area (Å²) in [4.78, 5) is 21.3. The van der Waals surface area contributed by atoms with E-state index in [1.807, 2.05) is 0 Å². The van der Waals surface area contributed by atoms with Crippen molar-refractivity contribution in [2.75, 3.05) is 0 Å². The van der Waals surface area contributed by atoms with Crippen LogP contribution in [-0.4, -0.2) is 10.5 Å². The molecule has 0 aromatic carbocycles. The van der Waals surface area contributed by atoms with Gasteiger partial charge in [-0.1, -0.05) is 25.7 Å². The van der Waals surface area contributed by atoms with Crippen LogP contribution in [0.2, 0.25) is 0 Å². The summed E-state index contributed by atoms with van der Waals surface area (Å²) < 4.78 is 0. The summed E-state index contributed by atoms with van der Waals surface area (Å²) in [6.07, 6.45) is 10.2. The summed E-state index contributed by atoms with van der Waals surface area (Å²) in [5.74, 6) is 1.54. The fourth-order valence-corrected chi connectivity index (χ4v) is 3.14. The second-order valence-electron chi connectivity index (χ2n) is 5.38. The number of hydrogen-bond donors (Lipinski definition) is 0. The van der Waals surface area contributed by atoms with Crippen molar-refractivity contribution in [1.29, 1.82) is 0 Å². The van der Waals surface area contributed by atoms with E-state index >= 15 is 0 Å². The van der Waals surface area contributed by atoms with Crippen molar-refractivity contribution >= 4 is 33.7 Å². The van der Waals surface area contributed by atoms with Crippen molar-refractivity contribution in [2.24, 2.45) is 11.8 Å². The molecule has 0 bridgehead atoms. The Kier molecular flexibility index (Phi) is 7.92. The third-order valence-electron chi connectivity index (χ3n) is 3.94. The lowest BCUT2D eigenvalue weighted by molar-refractivity contribution is -0.112. The normalized spacial score (nSPS) is 23.9. The minimum absolute atomic E-state index is 0.213. The van der Waals surface area contributed by atoms with E-state index in [4.69, 9.17) is 23.2 Å². The largest absolute Gasteiger partial charge is 0.281 e. The first-order chi connectivity index (χ1) is 8.58. The Balaban J connectivity index is 2.05. The van der Waals surface area contributed by atoms with E-state index in [0.29, 0.717) is 12.8 Å². The Morgan fingerprint density at radius 3 is 1.39 bits per heavy atom. The maximum absolute atomic E-state index is 10.6. The fourth-order valence-electron chi connectivity index (χ4n) is 2.87. The fraction of sp³-hybridized carbons (Fsp3) is 0.857. The molecular formula is C14H22Cl2O2. The standard InChI is InChI=1S/C14H22Cl2O2/c15-13(17)5-1-3-11-7-9-12(10-8-11)4-2-6-14(16)18/h11-12H,1-10H2. The predicted molar refractivity (Wildman–Crippen MR) is 74.9 cm³/mol. The summed E-state index contributed by atoms with van der Waals surface area (Å²) in [5, 5.41) is -0.427. The zero-order valence-corrected chi connectivity index (χ0v) is 12.3. The summed E-state index contributed by atoms with van der Waals surface area (Å²) in [5.41, 5.74) is 0. The number of carbonyl (C=O) groups excluding carboxylic acids is 2. The SMILES string of the molecule is O=C(Cl)CCCC1CCC(CCCC(=O)Cl)CC1. The van der Waals surface area contributed by atoms with E-state index in [9.17, 15) is 9.59 Å². The van der Waals surface area contributed by atoms with Crippen LogP contribution in [0.25, 0.3) is 0 Å². The molecule has 0 amide bonds. The third kappa shape index (κ3) is 7.38. The molecule has 18 heavy (non-hydrogen) atoms. The zero-order chi connectivity index (χ0) is 13.4. The second kappa shape index (κ2) is 8.92. The van der Waals surface area contributed by atoms with Crippen molar-refractivity contribution in [3.8, 4) is 0 Å². The van der Waals surface area contributed by atoms with Crippen LogP contribution >= 0.6 is 23.2 Å². The summed E-state index contributed by atoms with van der Waals surface area (Å²) in [7, 11) is 0. The highest BCUT2D eigenvalue weighted by Gasteiger charge is 2.20. The summed E-state index contributed by atoms with van der Waals surface area (Å²) in [6, 6.07) is 0. The highest BCUT2D eigenvalue weighted by Crippen LogP contribution is 2.34. The summed E-state index contributed by atoms with van der Waals surface area (Å²) >= 11 is 10.6. The van der Waals surface area contributed by atoms with E-state index in [1.54, 1.807) is 0 Å². The molecule has 0 atom stereocenters. The van der Waals surface area contributed by atoms with Crippen LogP contribution in [0.4, 0.5) is 0 Å². The van der Waals surface area contributed by atoms with Crippen molar-refractivity contribution < 1.29 is 9.59 Å². The molecule has 0 aliphatic heterocycles. The van der Waals surface area contributed by atoms with E-state index in [-0.39, 0.29) is 10.5 Å². The van der Waals surface area contributed by atoms with Crippen molar-refractivity contribution in [1.82, 2.24) is 0 Å². The molecule has 0 radical (unpaired) electrons. The molecule has 1 rings (SSSR count). The average molecular weight is 293 g/mol. The number of hydrogen-bond acceptors (Lipinski definition) is 2. The summed E-state index contributed by atoms with van der Waals surface area (Å²) in [6.45, 7) is 0. The Bertz CT molecular complexity index is 243. The Morgan fingerprint density at radius 2 is 1.11 bits per heavy atom. The molecule has 0 unspecified atom stereocenters. The van der Waals surface area contributed by atoms with Crippen LogP contribution in [-0.2, 0) is 9.59 Å². The molecule has 1 aliphatic rings. The van der Waals surface area contributed by atoms with Gasteiger partial charge in [0.2, 0.25) is 10.5 Å². The highest BCUT2D eigenvalue weighted by molar-refractivity contribution is 6.63. The third-order valence-corrected chi connectivity index (χ3v) is 4.32. The monoisotopic (exact) mass is 292 g/mol. The number of carbonyl (C=O) groups is 2. The smallest absolute Gasteiger partial charge is 0.221 e. The van der Waals surface area contributed by atoms with Gasteiger partial charge in [-0.3, -0.25) is 9.59 Å². The van der Waals surface area contributed by atoms with Crippen LogP contribution in [0.3, 0.4) is 0 Å². The topological polar surface area (TPSA) is 34.1 Å². The average Bonchev–Trinajstić information content (AvgIpc) is 2.30. The van der Waals surface area contributed by atoms with Gasteiger partial charge in [-0.05, 0) is 60.7 Å². The van der Waals surface area contributed by atoms with Gasteiger partial charge in [-0.2, -0.15) is 0 Å². The van der Waals surface area contributed by atoms with Gasteiger partial charge in [0.05, 0.1) is 0 Å². The van der Waals surface area contributed by atoms with E-state index in [1.165, 1.54) is 25.7 Å². The van der Waals surface area contributed by atoms with Crippen molar-refractivity contribution in [2.45, 2.75) is 64.2 Å². The van der Waals surface area contributed by atoms with Gasteiger partial charge in [0.25, 0.3) is 0 Å². The van der Waals surface area contributed by atoms with E-state index in [2.05, 4.69) is 0 Å². The molecule has 0 N–H and O–H groups in total. The molecule has 1 saturated carbocycles. The predicted octanol–water partition coefficient (Wildman–Crippen LogP) is 4.66. The maximum Gasteiger partial charge on any atom is 0.221 e. The number of halogens is 2. The molecule has 1 fully saturated rings. The van der Waals surface area contributed by atoms with Gasteiger partial charge in [0.1, 0.15) is 0 Å². The van der Waals surface area contributed by atoms with E-state index < -0.39 is 0 Å². The Morgan fingerprint density at radius 1 is 0.778 bits per heavy atom. The van der Waals surface area contributed by atoms with Crippen LogP contribution in [0.1, 0.15) is 64.2 Å². The van der Waals surface area contributed by atoms with Gasteiger partial charge in [-0.25, -0.2) is 0 Å². The molecule has 2 nitrogen and oxygen atoms in total. The lowest BCUT2D eigenvalue weighted by atomic mass is 9.78. The highest BCUT2D eigenvalue weighted by atomic mass is 35.5. The first kappa shape index (κ1) is 16.0. The van der Waals surface area contributed by atoms with Crippen LogP contribution in [0, 0.1) is 11.8 Å². The van der Waals surface area contributed by atoms with Gasteiger partial charge in [0, 0.05) is 12.8 Å². The minimum atomic E-state index is -0.213. The van der Waals surface area contributed by atoms with Gasteiger partial charge < -0.3 is 0 Å². The Hall–Kier alpha value is -0.0800. The van der Waals surface area contributed by atoms with Crippen LogP contribution in [0.5, 0.6) is 0 Å². The number of rotatable bonds is 8. The first-order valence-corrected chi connectivity index (χ1v) is 7.70. The first-order valence-electron chi connectivity index (χ1n) is 6.94. The van der Waals surface area contributed by atoms with Gasteiger partial charge >= 0.3 is 0 Å². The molecule has 0 spiro atoms. The van der Waals surface area contributed by atoms with Crippen LogP contribution < -0.4 is 0 Å². The molecule has 104 valence electrons. The van der Waals surface area contributed by atoms with Gasteiger partial charge in [-0.15, -0.1) is 0 Å². The van der Waals surface area contributed by atoms with Crippen molar-refractivity contribution in [3.05, 3.63) is 0 Å². The maximum atomic E-state index is 10.6. The molecule has 4 heteroatoms. The second-order valence-corrected chi connectivity index (χ2v) is 6.22. The minimum Gasteiger partial charge on any atom is -0.281 e. The molecule has 0 aromatic rings. The molecule has 0 saturated heterocycles. The molecule has 1 aliphatic carbocycles. The van der Waals surface area contributed by atoms with Gasteiger partial charge in [0.15, 0.2) is 0 Å². The van der Waals surface area contributed by atoms with Crippen LogP contribution in [0.15, 0.2) is 0 Å². The van der Waals surface area contributed by atoms with E-state index in [0.717, 1.165) is 37.5 Å².